The fourth-order valence-electron chi connectivity index (χ4n) is 2.34. The fourth-order valence-corrected chi connectivity index (χ4v) is 5.42. The number of hydrogen-bond acceptors (Lipinski definition) is 5. The van der Waals surface area contributed by atoms with Gasteiger partial charge in [0.1, 0.15) is 0 Å². The molecule has 1 aromatic carbocycles. The van der Waals surface area contributed by atoms with E-state index in [1.165, 1.54) is 16.1 Å². The predicted molar refractivity (Wildman–Crippen MR) is 82.2 cm³/mol. The van der Waals surface area contributed by atoms with Crippen LogP contribution in [0.5, 0.6) is 0 Å². The van der Waals surface area contributed by atoms with Crippen molar-refractivity contribution in [3.8, 4) is 0 Å². The first-order chi connectivity index (χ1) is 9.53. The zero-order valence-corrected chi connectivity index (χ0v) is 12.9. The Morgan fingerprint density at radius 1 is 1.45 bits per heavy atom. The Morgan fingerprint density at radius 2 is 2.25 bits per heavy atom. The van der Waals surface area contributed by atoms with E-state index in [1.54, 1.807) is 6.07 Å². The minimum atomic E-state index is -3.28. The van der Waals surface area contributed by atoms with Gasteiger partial charge in [-0.1, -0.05) is 6.07 Å². The number of nitrogen functional groups attached to an aromatic ring is 1. The number of benzene rings is 1. The smallest absolute Gasteiger partial charge is 0.215 e. The molecular formula is C13H20N2O3S2. The molecule has 1 fully saturated rings. The Bertz CT molecular complexity index is 548. The van der Waals surface area contributed by atoms with Gasteiger partial charge in [-0.15, -0.1) is 11.8 Å². The molecule has 0 unspecified atom stereocenters. The molecule has 0 radical (unpaired) electrons. The summed E-state index contributed by atoms with van der Waals surface area (Å²) in [6.07, 6.45) is 1.57. The lowest BCUT2D eigenvalue weighted by atomic mass is 10.2. The molecule has 1 saturated heterocycles. The molecule has 0 saturated carbocycles. The van der Waals surface area contributed by atoms with E-state index in [4.69, 9.17) is 5.73 Å². The van der Waals surface area contributed by atoms with Gasteiger partial charge in [-0.25, -0.2) is 8.42 Å². The Balaban J connectivity index is 1.89. The number of anilines is 1. The second-order valence-corrected chi connectivity index (χ2v) is 8.04. The monoisotopic (exact) mass is 316 g/mol. The molecule has 1 aliphatic rings. The first-order valence-electron chi connectivity index (χ1n) is 6.61. The van der Waals surface area contributed by atoms with Gasteiger partial charge in [0.25, 0.3) is 0 Å². The van der Waals surface area contributed by atoms with E-state index >= 15 is 0 Å². The summed E-state index contributed by atoms with van der Waals surface area (Å²) in [6, 6.07) is 7.17. The van der Waals surface area contributed by atoms with Gasteiger partial charge in [-0.3, -0.25) is 0 Å². The van der Waals surface area contributed by atoms with Crippen LogP contribution in [0.4, 0.5) is 5.69 Å². The van der Waals surface area contributed by atoms with Crippen LogP contribution in [0.15, 0.2) is 29.2 Å². The number of nitrogens with two attached hydrogens (primary N) is 1. The van der Waals surface area contributed by atoms with Crippen molar-refractivity contribution in [2.75, 3.05) is 30.4 Å². The van der Waals surface area contributed by atoms with Gasteiger partial charge in [0.05, 0.1) is 12.4 Å². The molecule has 1 heterocycles. The second-order valence-electron chi connectivity index (χ2n) is 4.83. The van der Waals surface area contributed by atoms with E-state index in [0.29, 0.717) is 18.0 Å². The van der Waals surface area contributed by atoms with E-state index in [2.05, 4.69) is 0 Å². The van der Waals surface area contributed by atoms with Crippen molar-refractivity contribution >= 4 is 27.5 Å². The van der Waals surface area contributed by atoms with Crippen LogP contribution in [0.3, 0.4) is 0 Å². The first kappa shape index (κ1) is 15.6. The second kappa shape index (κ2) is 6.80. The lowest BCUT2D eigenvalue weighted by molar-refractivity contribution is 0.213. The van der Waals surface area contributed by atoms with Crippen molar-refractivity contribution in [2.24, 2.45) is 0 Å². The van der Waals surface area contributed by atoms with Crippen LogP contribution in [0.25, 0.3) is 0 Å². The Hall–Kier alpha value is -0.760. The number of rotatable bonds is 6. The van der Waals surface area contributed by atoms with E-state index in [-0.39, 0.29) is 18.4 Å². The topological polar surface area (TPSA) is 83.6 Å². The summed E-state index contributed by atoms with van der Waals surface area (Å²) in [5.74, 6) is 0.573. The fraction of sp³-hybridized carbons (Fsp3) is 0.538. The quantitative estimate of drug-likeness (QED) is 0.607. The van der Waals surface area contributed by atoms with Gasteiger partial charge in [0.15, 0.2) is 0 Å². The minimum absolute atomic E-state index is 0.0863. The highest BCUT2D eigenvalue weighted by Crippen LogP contribution is 2.24. The number of sulfonamides is 1. The van der Waals surface area contributed by atoms with Crippen molar-refractivity contribution in [1.29, 1.82) is 0 Å². The van der Waals surface area contributed by atoms with Crippen molar-refractivity contribution in [1.82, 2.24) is 4.31 Å². The Kier molecular flexibility index (Phi) is 5.31. The van der Waals surface area contributed by atoms with Gasteiger partial charge in [0, 0.05) is 28.9 Å². The molecule has 20 heavy (non-hydrogen) atoms. The molecule has 5 nitrogen and oxygen atoms in total. The lowest BCUT2D eigenvalue weighted by Crippen LogP contribution is -2.39. The average Bonchev–Trinajstić information content (AvgIpc) is 2.87. The van der Waals surface area contributed by atoms with E-state index in [1.807, 2.05) is 18.2 Å². The highest BCUT2D eigenvalue weighted by molar-refractivity contribution is 8.00. The molecule has 0 spiro atoms. The Morgan fingerprint density at radius 3 is 2.95 bits per heavy atom. The maximum Gasteiger partial charge on any atom is 0.215 e. The van der Waals surface area contributed by atoms with Crippen LogP contribution in [0.1, 0.15) is 12.8 Å². The van der Waals surface area contributed by atoms with Gasteiger partial charge in [0.2, 0.25) is 10.0 Å². The summed E-state index contributed by atoms with van der Waals surface area (Å²) in [6.45, 7) is 0.429. The molecule has 2 rings (SSSR count). The largest absolute Gasteiger partial charge is 0.399 e. The van der Waals surface area contributed by atoms with Crippen LogP contribution in [0.2, 0.25) is 0 Å². The standard InChI is InChI=1S/C13H20N2O3S2/c14-11-3-1-5-13(9-11)19-7-8-20(17,18)15-6-2-4-12(15)10-16/h1,3,5,9,12,16H,2,4,6-8,10,14H2/t12-/m1/s1. The third-order valence-corrected chi connectivity index (χ3v) is 6.53. The molecular weight excluding hydrogens is 296 g/mol. The summed E-state index contributed by atoms with van der Waals surface area (Å²) in [5, 5.41) is 9.21. The zero-order valence-electron chi connectivity index (χ0n) is 11.2. The third kappa shape index (κ3) is 3.88. The van der Waals surface area contributed by atoms with Crippen molar-refractivity contribution < 1.29 is 13.5 Å². The van der Waals surface area contributed by atoms with Crippen molar-refractivity contribution in [2.45, 2.75) is 23.8 Å². The van der Waals surface area contributed by atoms with Crippen LogP contribution in [-0.4, -0.2) is 48.5 Å². The molecule has 1 aliphatic heterocycles. The summed E-state index contributed by atoms with van der Waals surface area (Å²) >= 11 is 1.48. The molecule has 7 heteroatoms. The number of thioether (sulfide) groups is 1. The average molecular weight is 316 g/mol. The number of aliphatic hydroxyl groups excluding tert-OH is 1. The summed E-state index contributed by atoms with van der Waals surface area (Å²) in [4.78, 5) is 0.973. The molecule has 0 aromatic heterocycles. The number of aliphatic hydroxyl groups is 1. The molecule has 3 N–H and O–H groups in total. The van der Waals surface area contributed by atoms with E-state index < -0.39 is 10.0 Å². The van der Waals surface area contributed by atoms with Gasteiger partial charge >= 0.3 is 0 Å². The highest BCUT2D eigenvalue weighted by atomic mass is 32.2. The molecule has 0 amide bonds. The molecule has 112 valence electrons. The van der Waals surface area contributed by atoms with Gasteiger partial charge < -0.3 is 10.8 Å². The minimum Gasteiger partial charge on any atom is -0.399 e. The first-order valence-corrected chi connectivity index (χ1v) is 9.21. The normalized spacial score (nSPS) is 20.4. The molecule has 1 atom stereocenters. The summed E-state index contributed by atoms with van der Waals surface area (Å²) in [7, 11) is -3.28. The maximum atomic E-state index is 12.2. The number of hydrogen-bond donors (Lipinski definition) is 2. The summed E-state index contributed by atoms with van der Waals surface area (Å²) in [5.41, 5.74) is 6.36. The summed E-state index contributed by atoms with van der Waals surface area (Å²) < 4.78 is 25.9. The van der Waals surface area contributed by atoms with Crippen LogP contribution < -0.4 is 5.73 Å². The van der Waals surface area contributed by atoms with Gasteiger partial charge in [-0.2, -0.15) is 4.31 Å². The van der Waals surface area contributed by atoms with Crippen LogP contribution >= 0.6 is 11.8 Å². The van der Waals surface area contributed by atoms with Crippen molar-refractivity contribution in [3.05, 3.63) is 24.3 Å². The van der Waals surface area contributed by atoms with Crippen LogP contribution in [-0.2, 0) is 10.0 Å². The Labute approximate surface area is 124 Å². The highest BCUT2D eigenvalue weighted by Gasteiger charge is 2.33. The molecule has 1 aromatic rings. The lowest BCUT2D eigenvalue weighted by Gasteiger charge is -2.22. The molecule has 0 bridgehead atoms. The maximum absolute atomic E-state index is 12.2. The predicted octanol–water partition coefficient (Wildman–Crippen LogP) is 1.15. The van der Waals surface area contributed by atoms with E-state index in [9.17, 15) is 13.5 Å². The molecule has 0 aliphatic carbocycles. The third-order valence-electron chi connectivity index (χ3n) is 3.36. The van der Waals surface area contributed by atoms with Crippen LogP contribution in [0, 0.1) is 0 Å². The SMILES string of the molecule is Nc1cccc(SCCS(=O)(=O)N2CCC[C@@H]2CO)c1. The number of nitrogens with zero attached hydrogens (tertiary/aromatic N) is 1. The van der Waals surface area contributed by atoms with Gasteiger partial charge in [-0.05, 0) is 31.0 Å². The van der Waals surface area contributed by atoms with Crippen molar-refractivity contribution in [3.63, 3.8) is 0 Å². The van der Waals surface area contributed by atoms with E-state index in [0.717, 1.165) is 17.7 Å². The zero-order chi connectivity index (χ0) is 14.6.